The van der Waals surface area contributed by atoms with Crippen LogP contribution in [0.25, 0.3) is 11.1 Å². The van der Waals surface area contributed by atoms with E-state index >= 15 is 0 Å². The molecule has 130 valence electrons. The molecule has 0 N–H and O–H groups in total. The van der Waals surface area contributed by atoms with Crippen LogP contribution in [0.2, 0.25) is 0 Å². The number of amides is 1. The second-order valence-corrected chi connectivity index (χ2v) is 6.60. The smallest absolute Gasteiger partial charge is 0.344 e. The number of ether oxygens (including phenoxy) is 1. The zero-order valence-electron chi connectivity index (χ0n) is 14.6. The van der Waals surface area contributed by atoms with Gasteiger partial charge in [-0.15, -0.1) is 0 Å². The van der Waals surface area contributed by atoms with Gasteiger partial charge in [-0.1, -0.05) is 60.7 Å². The van der Waals surface area contributed by atoms with Crippen molar-refractivity contribution < 1.29 is 14.3 Å². The summed E-state index contributed by atoms with van der Waals surface area (Å²) in [4.78, 5) is 27.0. The van der Waals surface area contributed by atoms with Gasteiger partial charge in [0, 0.05) is 17.5 Å². The molecule has 2 heterocycles. The standard InChI is InChI=1S/C23H15NO3/c1-24-18-12-17-19(27-23(26)21(17)15-10-6-3-7-11-15)13-16(18)20(22(24)25)14-8-4-2-5-9-14/h2-13H,1H3. The third kappa shape index (κ3) is 2.23. The fourth-order valence-electron chi connectivity index (χ4n) is 3.74. The number of carbonyl (C=O) groups is 2. The van der Waals surface area contributed by atoms with Gasteiger partial charge in [-0.05, 0) is 23.3 Å². The number of hydrogen-bond acceptors (Lipinski definition) is 3. The highest BCUT2D eigenvalue weighted by Gasteiger charge is 2.31. The van der Waals surface area contributed by atoms with E-state index in [0.29, 0.717) is 16.9 Å². The summed E-state index contributed by atoms with van der Waals surface area (Å²) >= 11 is 0. The molecule has 1 amide bonds. The summed E-state index contributed by atoms with van der Waals surface area (Å²) in [5.74, 6) is 0.0664. The van der Waals surface area contributed by atoms with Crippen LogP contribution in [0.4, 0.5) is 5.69 Å². The monoisotopic (exact) mass is 353 g/mol. The summed E-state index contributed by atoms with van der Waals surface area (Å²) in [7, 11) is 1.75. The van der Waals surface area contributed by atoms with E-state index < -0.39 is 0 Å². The van der Waals surface area contributed by atoms with Crippen LogP contribution in [0.3, 0.4) is 0 Å². The van der Waals surface area contributed by atoms with Gasteiger partial charge >= 0.3 is 5.97 Å². The maximum absolute atomic E-state index is 12.9. The zero-order valence-corrected chi connectivity index (χ0v) is 14.6. The van der Waals surface area contributed by atoms with Crippen molar-refractivity contribution >= 4 is 28.7 Å². The molecule has 2 aliphatic heterocycles. The van der Waals surface area contributed by atoms with Crippen LogP contribution in [-0.2, 0) is 9.59 Å². The zero-order chi connectivity index (χ0) is 18.5. The second kappa shape index (κ2) is 5.68. The first-order valence-corrected chi connectivity index (χ1v) is 8.69. The molecular weight excluding hydrogens is 338 g/mol. The first-order valence-electron chi connectivity index (χ1n) is 8.69. The normalized spacial score (nSPS) is 15.1. The van der Waals surface area contributed by atoms with Crippen LogP contribution < -0.4 is 20.1 Å². The summed E-state index contributed by atoms with van der Waals surface area (Å²) in [6.45, 7) is 0. The maximum Gasteiger partial charge on any atom is 0.344 e. The lowest BCUT2D eigenvalue weighted by atomic mass is 10.0. The minimum atomic E-state index is -0.366. The summed E-state index contributed by atoms with van der Waals surface area (Å²) in [6, 6.07) is 22.7. The van der Waals surface area contributed by atoms with E-state index in [9.17, 15) is 9.59 Å². The molecule has 4 nitrogen and oxygen atoms in total. The molecule has 0 atom stereocenters. The molecule has 0 fully saturated rings. The Hall–Kier alpha value is -3.66. The van der Waals surface area contributed by atoms with Crippen molar-refractivity contribution in [3.05, 3.63) is 94.4 Å². The molecule has 2 aliphatic rings. The number of nitrogens with zero attached hydrogens (tertiary/aromatic N) is 1. The fourth-order valence-corrected chi connectivity index (χ4v) is 3.74. The number of likely N-dealkylation sites (N-methyl/N-ethyl adjacent to an activating group) is 1. The molecule has 0 aliphatic carbocycles. The van der Waals surface area contributed by atoms with Gasteiger partial charge in [0.2, 0.25) is 0 Å². The molecule has 0 radical (unpaired) electrons. The molecular formula is C23H15NO3. The SMILES string of the molecule is CN1C(=O)C(c2ccccc2)=c2cc3c(cc21)=C(c1ccccc1)C(=O)O3. The molecule has 3 aromatic rings. The molecule has 0 saturated carbocycles. The molecule has 0 aromatic heterocycles. The summed E-state index contributed by atoms with van der Waals surface area (Å²) < 4.78 is 5.53. The van der Waals surface area contributed by atoms with E-state index in [4.69, 9.17) is 4.74 Å². The minimum absolute atomic E-state index is 0.0625. The quantitative estimate of drug-likeness (QED) is 0.523. The molecule has 0 spiro atoms. The molecule has 0 bridgehead atoms. The lowest BCUT2D eigenvalue weighted by Crippen LogP contribution is -2.23. The predicted octanol–water partition coefficient (Wildman–Crippen LogP) is 1.98. The van der Waals surface area contributed by atoms with Gasteiger partial charge < -0.3 is 9.64 Å². The summed E-state index contributed by atoms with van der Waals surface area (Å²) in [5, 5.41) is 1.51. The van der Waals surface area contributed by atoms with Gasteiger partial charge in [0.05, 0.1) is 16.8 Å². The highest BCUT2D eigenvalue weighted by atomic mass is 16.5. The van der Waals surface area contributed by atoms with Crippen LogP contribution in [0.15, 0.2) is 72.8 Å². The first kappa shape index (κ1) is 15.6. The lowest BCUT2D eigenvalue weighted by Gasteiger charge is -2.11. The molecule has 3 aromatic carbocycles. The number of fused-ring (bicyclic) bond motifs is 2. The van der Waals surface area contributed by atoms with E-state index in [2.05, 4.69) is 0 Å². The maximum atomic E-state index is 12.9. The Balaban J connectivity index is 1.84. The summed E-state index contributed by atoms with van der Waals surface area (Å²) in [6.07, 6.45) is 0. The van der Waals surface area contributed by atoms with Crippen LogP contribution in [-0.4, -0.2) is 18.9 Å². The van der Waals surface area contributed by atoms with Crippen molar-refractivity contribution in [2.24, 2.45) is 0 Å². The lowest BCUT2D eigenvalue weighted by molar-refractivity contribution is -0.127. The number of esters is 1. The number of hydrogen-bond donors (Lipinski definition) is 0. The molecule has 0 unspecified atom stereocenters. The Morgan fingerprint density at radius 2 is 1.33 bits per heavy atom. The Labute approximate surface area is 155 Å². The molecule has 5 rings (SSSR count). The average Bonchev–Trinajstić information content (AvgIpc) is 3.14. The van der Waals surface area contributed by atoms with Crippen molar-refractivity contribution in [3.63, 3.8) is 0 Å². The van der Waals surface area contributed by atoms with Crippen LogP contribution in [0.5, 0.6) is 5.75 Å². The van der Waals surface area contributed by atoms with Crippen molar-refractivity contribution in [1.82, 2.24) is 0 Å². The fraction of sp³-hybridized carbons (Fsp3) is 0.0435. The van der Waals surface area contributed by atoms with Crippen LogP contribution >= 0.6 is 0 Å². The molecule has 27 heavy (non-hydrogen) atoms. The van der Waals surface area contributed by atoms with Gasteiger partial charge in [-0.3, -0.25) is 4.79 Å². The average molecular weight is 353 g/mol. The molecule has 4 heteroatoms. The van der Waals surface area contributed by atoms with Crippen molar-refractivity contribution in [2.75, 3.05) is 11.9 Å². The van der Waals surface area contributed by atoms with E-state index in [1.165, 1.54) is 0 Å². The van der Waals surface area contributed by atoms with E-state index in [0.717, 1.165) is 27.3 Å². The highest BCUT2D eigenvalue weighted by molar-refractivity contribution is 6.29. The van der Waals surface area contributed by atoms with E-state index in [1.807, 2.05) is 72.8 Å². The van der Waals surface area contributed by atoms with Gasteiger partial charge in [0.25, 0.3) is 5.91 Å². The second-order valence-electron chi connectivity index (χ2n) is 6.60. The largest absolute Gasteiger partial charge is 0.422 e. The number of benzene rings is 3. The predicted molar refractivity (Wildman–Crippen MR) is 103 cm³/mol. The Bertz CT molecular complexity index is 1230. The third-order valence-electron chi connectivity index (χ3n) is 5.05. The van der Waals surface area contributed by atoms with Crippen molar-refractivity contribution in [1.29, 1.82) is 0 Å². The first-order chi connectivity index (χ1) is 13.1. The van der Waals surface area contributed by atoms with E-state index in [-0.39, 0.29) is 11.9 Å². The summed E-state index contributed by atoms with van der Waals surface area (Å²) in [5.41, 5.74) is 3.59. The Morgan fingerprint density at radius 1 is 0.741 bits per heavy atom. The Morgan fingerprint density at radius 3 is 1.96 bits per heavy atom. The van der Waals surface area contributed by atoms with Gasteiger partial charge in [0.15, 0.2) is 0 Å². The third-order valence-corrected chi connectivity index (χ3v) is 5.05. The van der Waals surface area contributed by atoms with Crippen molar-refractivity contribution in [2.45, 2.75) is 0 Å². The number of carbonyl (C=O) groups excluding carboxylic acids is 2. The van der Waals surface area contributed by atoms with Crippen molar-refractivity contribution in [3.8, 4) is 5.75 Å². The number of rotatable bonds is 2. The molecule has 0 saturated heterocycles. The van der Waals surface area contributed by atoms with Gasteiger partial charge in [-0.2, -0.15) is 0 Å². The number of anilines is 1. The van der Waals surface area contributed by atoms with E-state index in [1.54, 1.807) is 11.9 Å². The van der Waals surface area contributed by atoms with Gasteiger partial charge in [-0.25, -0.2) is 4.79 Å². The van der Waals surface area contributed by atoms with Gasteiger partial charge in [0.1, 0.15) is 5.75 Å². The Kier molecular flexibility index (Phi) is 3.28. The highest BCUT2D eigenvalue weighted by Crippen LogP contribution is 2.27. The topological polar surface area (TPSA) is 46.6 Å². The van der Waals surface area contributed by atoms with Crippen LogP contribution in [0, 0.1) is 0 Å². The minimum Gasteiger partial charge on any atom is -0.422 e. The van der Waals surface area contributed by atoms with Crippen LogP contribution in [0.1, 0.15) is 11.1 Å².